The van der Waals surface area contributed by atoms with Gasteiger partial charge in [0.25, 0.3) is 5.91 Å². The summed E-state index contributed by atoms with van der Waals surface area (Å²) in [4.78, 5) is 50.6. The Morgan fingerprint density at radius 2 is 1.75 bits per heavy atom. The molecule has 3 rings (SSSR count). The van der Waals surface area contributed by atoms with Gasteiger partial charge in [-0.2, -0.15) is 0 Å². The van der Waals surface area contributed by atoms with E-state index in [1.165, 1.54) is 6.92 Å². The zero-order chi connectivity index (χ0) is 20.4. The topological polar surface area (TPSA) is 92.8 Å². The second kappa shape index (κ2) is 8.12. The minimum absolute atomic E-state index is 0.293. The summed E-state index contributed by atoms with van der Waals surface area (Å²) in [6.07, 6.45) is 3.22. The number of hydrogen-bond acceptors (Lipinski definition) is 5. The Balaban J connectivity index is 1.57. The quantitative estimate of drug-likeness (QED) is 0.619. The molecule has 2 aliphatic rings. The predicted octanol–water partition coefficient (Wildman–Crippen LogP) is 2.35. The predicted molar refractivity (Wildman–Crippen MR) is 102 cm³/mol. The summed E-state index contributed by atoms with van der Waals surface area (Å²) >= 11 is 0. The van der Waals surface area contributed by atoms with E-state index in [2.05, 4.69) is 5.32 Å². The number of fused-ring (bicyclic) bond motifs is 1. The van der Waals surface area contributed by atoms with E-state index < -0.39 is 24.5 Å². The van der Waals surface area contributed by atoms with E-state index in [0.717, 1.165) is 28.9 Å². The summed E-state index contributed by atoms with van der Waals surface area (Å²) in [5, 5.41) is 2.71. The van der Waals surface area contributed by atoms with Crippen LogP contribution < -0.4 is 5.32 Å². The van der Waals surface area contributed by atoms with Crippen LogP contribution in [0.25, 0.3) is 0 Å². The Labute approximate surface area is 164 Å². The molecule has 1 N–H and O–H groups in total. The van der Waals surface area contributed by atoms with Gasteiger partial charge >= 0.3 is 5.97 Å². The first-order chi connectivity index (χ1) is 13.3. The van der Waals surface area contributed by atoms with Gasteiger partial charge in [0.05, 0.1) is 11.8 Å². The van der Waals surface area contributed by atoms with Gasteiger partial charge in [-0.1, -0.05) is 25.0 Å². The van der Waals surface area contributed by atoms with Crippen molar-refractivity contribution in [2.24, 2.45) is 11.8 Å². The smallest absolute Gasteiger partial charge is 0.329 e. The summed E-state index contributed by atoms with van der Waals surface area (Å²) in [6.45, 7) is 4.83. The van der Waals surface area contributed by atoms with Crippen LogP contribution in [0.5, 0.6) is 0 Å². The van der Waals surface area contributed by atoms with Crippen LogP contribution in [0.1, 0.15) is 43.7 Å². The number of esters is 1. The Kier molecular flexibility index (Phi) is 5.82. The van der Waals surface area contributed by atoms with Crippen LogP contribution in [0, 0.1) is 25.7 Å². The van der Waals surface area contributed by atoms with Crippen molar-refractivity contribution in [2.45, 2.75) is 52.5 Å². The van der Waals surface area contributed by atoms with Crippen molar-refractivity contribution in [3.05, 3.63) is 29.3 Å². The van der Waals surface area contributed by atoms with Crippen LogP contribution in [-0.2, 0) is 23.9 Å². The van der Waals surface area contributed by atoms with Gasteiger partial charge in [-0.15, -0.1) is 0 Å². The number of nitrogens with one attached hydrogen (secondary N) is 1. The molecule has 0 bridgehead atoms. The van der Waals surface area contributed by atoms with Gasteiger partial charge in [-0.3, -0.25) is 19.3 Å². The molecule has 1 saturated carbocycles. The molecule has 1 aromatic carbocycles. The van der Waals surface area contributed by atoms with Gasteiger partial charge in [0, 0.05) is 5.69 Å². The van der Waals surface area contributed by atoms with Crippen molar-refractivity contribution in [3.8, 4) is 0 Å². The van der Waals surface area contributed by atoms with Crippen LogP contribution in [0.15, 0.2) is 18.2 Å². The van der Waals surface area contributed by atoms with Gasteiger partial charge in [0.2, 0.25) is 11.8 Å². The van der Waals surface area contributed by atoms with E-state index in [1.54, 1.807) is 6.07 Å². The molecular formula is C21H26N2O5. The van der Waals surface area contributed by atoms with Crippen molar-refractivity contribution < 1.29 is 23.9 Å². The molecule has 1 aliphatic heterocycles. The van der Waals surface area contributed by atoms with Crippen molar-refractivity contribution in [3.63, 3.8) is 0 Å². The molecule has 2 fully saturated rings. The molecule has 0 aromatic heterocycles. The lowest BCUT2D eigenvalue weighted by Crippen LogP contribution is -2.45. The number of carbonyl (C=O) groups excluding carboxylic acids is 4. The molecule has 7 heteroatoms. The van der Waals surface area contributed by atoms with Gasteiger partial charge in [-0.05, 0) is 50.8 Å². The standard InChI is InChI=1S/C21H26N2O5/c1-12-7-6-10-17(13(12)2)22-18(24)11-28-21(27)14(3)23-19(25)15-8-4-5-9-16(15)20(23)26/h6-7,10,14-16H,4-5,8-9,11H2,1-3H3,(H,22,24)/t14-,15-,16-/m0/s1. The summed E-state index contributed by atoms with van der Waals surface area (Å²) in [5.41, 5.74) is 2.63. The molecule has 7 nitrogen and oxygen atoms in total. The third kappa shape index (κ3) is 3.79. The molecule has 3 amide bonds. The molecule has 1 heterocycles. The fraction of sp³-hybridized carbons (Fsp3) is 0.524. The largest absolute Gasteiger partial charge is 0.454 e. The Bertz CT molecular complexity index is 795. The lowest BCUT2D eigenvalue weighted by molar-refractivity contribution is -0.159. The molecule has 3 atom stereocenters. The summed E-state index contributed by atoms with van der Waals surface area (Å²) in [6, 6.07) is 4.51. The molecule has 1 aliphatic carbocycles. The maximum atomic E-state index is 12.6. The van der Waals surface area contributed by atoms with Gasteiger partial charge < -0.3 is 10.1 Å². The van der Waals surface area contributed by atoms with E-state index in [1.807, 2.05) is 26.0 Å². The number of imide groups is 1. The van der Waals surface area contributed by atoms with E-state index in [-0.39, 0.29) is 23.7 Å². The number of amides is 3. The first kappa shape index (κ1) is 20.0. The van der Waals surface area contributed by atoms with Gasteiger partial charge in [0.15, 0.2) is 6.61 Å². The van der Waals surface area contributed by atoms with E-state index in [9.17, 15) is 19.2 Å². The first-order valence-corrected chi connectivity index (χ1v) is 9.71. The molecule has 1 saturated heterocycles. The zero-order valence-corrected chi connectivity index (χ0v) is 16.5. The highest BCUT2D eigenvalue weighted by atomic mass is 16.5. The van der Waals surface area contributed by atoms with Crippen LogP contribution in [0.3, 0.4) is 0 Å². The normalized spacial score (nSPS) is 22.6. The highest BCUT2D eigenvalue weighted by Gasteiger charge is 2.51. The molecule has 150 valence electrons. The Morgan fingerprint density at radius 1 is 1.14 bits per heavy atom. The minimum atomic E-state index is -1.03. The molecule has 0 unspecified atom stereocenters. The number of anilines is 1. The number of likely N-dealkylation sites (tertiary alicyclic amines) is 1. The average molecular weight is 386 g/mol. The lowest BCUT2D eigenvalue weighted by Gasteiger charge is -2.21. The molecule has 1 aromatic rings. The summed E-state index contributed by atoms with van der Waals surface area (Å²) in [5.74, 6) is -2.44. The number of rotatable bonds is 5. The SMILES string of the molecule is Cc1cccc(NC(=O)COC(=O)[C@H](C)N2C(=O)[C@H]3CCCC[C@@H]3C2=O)c1C. The maximum absolute atomic E-state index is 12.6. The zero-order valence-electron chi connectivity index (χ0n) is 16.5. The highest BCUT2D eigenvalue weighted by molar-refractivity contribution is 6.08. The second-order valence-electron chi connectivity index (χ2n) is 7.62. The number of carbonyl (C=O) groups is 4. The summed E-state index contributed by atoms with van der Waals surface area (Å²) in [7, 11) is 0. The molecule has 0 radical (unpaired) electrons. The van der Waals surface area contributed by atoms with Crippen LogP contribution in [0.4, 0.5) is 5.69 Å². The fourth-order valence-corrected chi connectivity index (χ4v) is 4.01. The fourth-order valence-electron chi connectivity index (χ4n) is 4.01. The number of benzene rings is 1. The third-order valence-electron chi connectivity index (χ3n) is 5.83. The van der Waals surface area contributed by atoms with Crippen LogP contribution in [0.2, 0.25) is 0 Å². The minimum Gasteiger partial charge on any atom is -0.454 e. The summed E-state index contributed by atoms with van der Waals surface area (Å²) < 4.78 is 5.07. The van der Waals surface area contributed by atoms with Crippen molar-refractivity contribution in [2.75, 3.05) is 11.9 Å². The van der Waals surface area contributed by atoms with Crippen LogP contribution in [-0.4, -0.2) is 41.2 Å². The molecule has 0 spiro atoms. The Hall–Kier alpha value is -2.70. The molecular weight excluding hydrogens is 360 g/mol. The van der Waals surface area contributed by atoms with E-state index in [4.69, 9.17) is 4.74 Å². The van der Waals surface area contributed by atoms with E-state index in [0.29, 0.717) is 18.5 Å². The Morgan fingerprint density at radius 3 is 2.36 bits per heavy atom. The first-order valence-electron chi connectivity index (χ1n) is 9.71. The number of aryl methyl sites for hydroxylation is 1. The van der Waals surface area contributed by atoms with E-state index >= 15 is 0 Å². The second-order valence-corrected chi connectivity index (χ2v) is 7.62. The van der Waals surface area contributed by atoms with Crippen molar-refractivity contribution in [1.29, 1.82) is 0 Å². The number of hydrogen-bond donors (Lipinski definition) is 1. The van der Waals surface area contributed by atoms with Crippen molar-refractivity contribution >= 4 is 29.4 Å². The average Bonchev–Trinajstić information content (AvgIpc) is 2.94. The van der Waals surface area contributed by atoms with Crippen molar-refractivity contribution in [1.82, 2.24) is 4.90 Å². The van der Waals surface area contributed by atoms with Gasteiger partial charge in [-0.25, -0.2) is 4.79 Å². The van der Waals surface area contributed by atoms with Crippen LogP contribution >= 0.6 is 0 Å². The van der Waals surface area contributed by atoms with Gasteiger partial charge in [0.1, 0.15) is 6.04 Å². The number of nitrogens with zero attached hydrogens (tertiary/aromatic N) is 1. The molecule has 28 heavy (non-hydrogen) atoms. The monoisotopic (exact) mass is 386 g/mol. The number of ether oxygens (including phenoxy) is 1. The highest BCUT2D eigenvalue weighted by Crippen LogP contribution is 2.38. The third-order valence-corrected chi connectivity index (χ3v) is 5.83. The lowest BCUT2D eigenvalue weighted by atomic mass is 9.81. The maximum Gasteiger partial charge on any atom is 0.329 e.